The molecule has 0 spiro atoms. The van der Waals surface area contributed by atoms with Crippen LogP contribution >= 0.6 is 15.9 Å². The van der Waals surface area contributed by atoms with Crippen LogP contribution in [0, 0.1) is 6.92 Å². The molecule has 1 aromatic rings. The molecule has 0 N–H and O–H groups in total. The summed E-state index contributed by atoms with van der Waals surface area (Å²) in [6.45, 7) is 6.83. The van der Waals surface area contributed by atoms with Gasteiger partial charge in [0.2, 0.25) is 0 Å². The molecule has 0 bridgehead atoms. The molecule has 1 atom stereocenters. The fourth-order valence-corrected chi connectivity index (χ4v) is 2.32. The number of morpholine rings is 1. The first kappa shape index (κ1) is 10.9. The van der Waals surface area contributed by atoms with Crippen LogP contribution in [0.4, 0.5) is 5.82 Å². The number of aromatic nitrogens is 1. The second kappa shape index (κ2) is 4.49. The normalized spacial score (nSPS) is 21.8. The van der Waals surface area contributed by atoms with Gasteiger partial charge in [0.1, 0.15) is 5.82 Å². The van der Waals surface area contributed by atoms with Gasteiger partial charge in [-0.25, -0.2) is 4.98 Å². The van der Waals surface area contributed by atoms with Crippen molar-refractivity contribution in [1.29, 1.82) is 0 Å². The molecule has 1 saturated heterocycles. The Morgan fingerprint density at radius 1 is 1.60 bits per heavy atom. The number of hydrogen-bond acceptors (Lipinski definition) is 3. The molecule has 82 valence electrons. The van der Waals surface area contributed by atoms with Crippen LogP contribution in [0.5, 0.6) is 0 Å². The highest BCUT2D eigenvalue weighted by Gasteiger charge is 2.19. The molecule has 4 heteroatoms. The first-order valence-corrected chi connectivity index (χ1v) is 5.95. The van der Waals surface area contributed by atoms with Crippen molar-refractivity contribution in [3.63, 3.8) is 0 Å². The highest BCUT2D eigenvalue weighted by atomic mass is 79.9. The van der Waals surface area contributed by atoms with E-state index in [0.29, 0.717) is 6.10 Å². The van der Waals surface area contributed by atoms with E-state index in [-0.39, 0.29) is 0 Å². The van der Waals surface area contributed by atoms with Crippen molar-refractivity contribution in [2.75, 3.05) is 24.6 Å². The zero-order valence-corrected chi connectivity index (χ0v) is 10.6. The van der Waals surface area contributed by atoms with Crippen LogP contribution in [0.25, 0.3) is 0 Å². The highest BCUT2D eigenvalue weighted by Crippen LogP contribution is 2.22. The van der Waals surface area contributed by atoms with Crippen molar-refractivity contribution in [3.8, 4) is 0 Å². The lowest BCUT2D eigenvalue weighted by atomic mass is 10.2. The molecular weight excluding hydrogens is 256 g/mol. The van der Waals surface area contributed by atoms with Crippen molar-refractivity contribution in [2.24, 2.45) is 0 Å². The molecular formula is C11H15BrN2O. The monoisotopic (exact) mass is 270 g/mol. The largest absolute Gasteiger partial charge is 0.375 e. The Hall–Kier alpha value is -0.610. The zero-order valence-electron chi connectivity index (χ0n) is 9.03. The number of halogens is 1. The molecule has 2 heterocycles. The number of rotatable bonds is 1. The van der Waals surface area contributed by atoms with E-state index in [1.165, 1.54) is 5.56 Å². The van der Waals surface area contributed by atoms with Crippen molar-refractivity contribution in [2.45, 2.75) is 20.0 Å². The van der Waals surface area contributed by atoms with E-state index in [2.05, 4.69) is 45.7 Å². The van der Waals surface area contributed by atoms with E-state index >= 15 is 0 Å². The number of aryl methyl sites for hydroxylation is 1. The topological polar surface area (TPSA) is 25.4 Å². The number of nitrogens with zero attached hydrogens (tertiary/aromatic N) is 2. The number of ether oxygens (including phenoxy) is 1. The number of hydrogen-bond donors (Lipinski definition) is 0. The Labute approximate surface area is 98.6 Å². The average molecular weight is 271 g/mol. The van der Waals surface area contributed by atoms with Gasteiger partial charge in [0.15, 0.2) is 0 Å². The van der Waals surface area contributed by atoms with Crippen molar-refractivity contribution >= 4 is 21.7 Å². The first-order chi connectivity index (χ1) is 7.16. The van der Waals surface area contributed by atoms with Crippen molar-refractivity contribution < 1.29 is 4.74 Å². The Balaban J connectivity index is 2.21. The molecule has 0 radical (unpaired) electrons. The van der Waals surface area contributed by atoms with E-state index < -0.39 is 0 Å². The molecule has 1 aliphatic heterocycles. The first-order valence-electron chi connectivity index (χ1n) is 5.15. The fraction of sp³-hybridized carbons (Fsp3) is 0.545. The summed E-state index contributed by atoms with van der Waals surface area (Å²) in [6.07, 6.45) is 2.14. The van der Waals surface area contributed by atoms with E-state index in [1.54, 1.807) is 0 Å². The molecule has 0 unspecified atom stereocenters. The minimum Gasteiger partial charge on any atom is -0.375 e. The summed E-state index contributed by atoms with van der Waals surface area (Å²) in [5.74, 6) is 1.08. The quantitative estimate of drug-likeness (QED) is 0.784. The van der Waals surface area contributed by atoms with Gasteiger partial charge in [-0.15, -0.1) is 0 Å². The summed E-state index contributed by atoms with van der Waals surface area (Å²) in [7, 11) is 0. The molecule has 0 amide bonds. The van der Waals surface area contributed by atoms with Gasteiger partial charge in [0, 0.05) is 23.8 Å². The average Bonchev–Trinajstić information content (AvgIpc) is 2.17. The molecule has 1 aliphatic rings. The Bertz CT molecular complexity index is 356. The van der Waals surface area contributed by atoms with E-state index in [4.69, 9.17) is 4.74 Å². The van der Waals surface area contributed by atoms with Crippen molar-refractivity contribution in [3.05, 3.63) is 22.3 Å². The summed E-state index contributed by atoms with van der Waals surface area (Å²) < 4.78 is 6.55. The van der Waals surface area contributed by atoms with Gasteiger partial charge in [-0.05, 0) is 41.4 Å². The lowest BCUT2D eigenvalue weighted by molar-refractivity contribution is 0.0529. The van der Waals surface area contributed by atoms with E-state index in [1.807, 2.05) is 6.20 Å². The van der Waals surface area contributed by atoms with Gasteiger partial charge in [-0.2, -0.15) is 0 Å². The predicted octanol–water partition coefficient (Wildman–Crippen LogP) is 2.38. The van der Waals surface area contributed by atoms with Crippen LogP contribution in [0.1, 0.15) is 12.5 Å². The summed E-state index contributed by atoms with van der Waals surface area (Å²) in [5.41, 5.74) is 1.21. The smallest absolute Gasteiger partial charge is 0.131 e. The highest BCUT2D eigenvalue weighted by molar-refractivity contribution is 9.10. The van der Waals surface area contributed by atoms with Crippen LogP contribution in [-0.2, 0) is 4.74 Å². The maximum atomic E-state index is 5.51. The van der Waals surface area contributed by atoms with Gasteiger partial charge in [0.05, 0.1) is 12.7 Å². The van der Waals surface area contributed by atoms with E-state index in [0.717, 1.165) is 30.0 Å². The summed E-state index contributed by atoms with van der Waals surface area (Å²) >= 11 is 3.43. The summed E-state index contributed by atoms with van der Waals surface area (Å²) in [6, 6.07) is 2.10. The van der Waals surface area contributed by atoms with Gasteiger partial charge < -0.3 is 9.64 Å². The molecule has 3 nitrogen and oxygen atoms in total. The second-order valence-electron chi connectivity index (χ2n) is 3.92. The van der Waals surface area contributed by atoms with Gasteiger partial charge in [-0.1, -0.05) is 0 Å². The lowest BCUT2D eigenvalue weighted by Crippen LogP contribution is -2.41. The van der Waals surface area contributed by atoms with Crippen LogP contribution in [0.2, 0.25) is 0 Å². The summed E-state index contributed by atoms with van der Waals surface area (Å²) in [4.78, 5) is 6.75. The zero-order chi connectivity index (χ0) is 10.8. The molecule has 1 aromatic heterocycles. The van der Waals surface area contributed by atoms with Gasteiger partial charge >= 0.3 is 0 Å². The lowest BCUT2D eigenvalue weighted by Gasteiger charge is -2.32. The third-order valence-electron chi connectivity index (χ3n) is 2.56. The Morgan fingerprint density at radius 2 is 2.40 bits per heavy atom. The van der Waals surface area contributed by atoms with Crippen LogP contribution in [0.15, 0.2) is 16.7 Å². The predicted molar refractivity (Wildman–Crippen MR) is 64.3 cm³/mol. The molecule has 2 rings (SSSR count). The maximum absolute atomic E-state index is 5.51. The SMILES string of the molecule is Cc1cc(Br)cnc1N1CCO[C@@H](C)C1. The molecule has 1 fully saturated rings. The fourth-order valence-electron chi connectivity index (χ4n) is 1.88. The van der Waals surface area contributed by atoms with E-state index in [9.17, 15) is 0 Å². The van der Waals surface area contributed by atoms with Crippen molar-refractivity contribution in [1.82, 2.24) is 4.98 Å². The number of anilines is 1. The minimum absolute atomic E-state index is 0.295. The standard InChI is InChI=1S/C11H15BrN2O/c1-8-5-10(12)6-13-11(8)14-3-4-15-9(2)7-14/h5-6,9H,3-4,7H2,1-2H3/t9-/m0/s1. The Morgan fingerprint density at radius 3 is 3.07 bits per heavy atom. The second-order valence-corrected chi connectivity index (χ2v) is 4.84. The summed E-state index contributed by atoms with van der Waals surface area (Å²) in [5, 5.41) is 0. The maximum Gasteiger partial charge on any atom is 0.131 e. The van der Waals surface area contributed by atoms with Gasteiger partial charge in [-0.3, -0.25) is 0 Å². The Kier molecular flexibility index (Phi) is 3.26. The third kappa shape index (κ3) is 2.49. The number of pyridine rings is 1. The van der Waals surface area contributed by atoms with Crippen LogP contribution < -0.4 is 4.90 Å². The minimum atomic E-state index is 0.295. The van der Waals surface area contributed by atoms with Gasteiger partial charge in [0.25, 0.3) is 0 Å². The molecule has 15 heavy (non-hydrogen) atoms. The molecule has 0 aromatic carbocycles. The molecule has 0 aliphatic carbocycles. The van der Waals surface area contributed by atoms with Crippen LogP contribution in [0.3, 0.4) is 0 Å². The molecule has 0 saturated carbocycles. The third-order valence-corrected chi connectivity index (χ3v) is 2.99. The van der Waals surface area contributed by atoms with Crippen LogP contribution in [-0.4, -0.2) is 30.8 Å².